The van der Waals surface area contributed by atoms with E-state index in [4.69, 9.17) is 0 Å². The van der Waals surface area contributed by atoms with Crippen molar-refractivity contribution in [3.05, 3.63) is 0 Å². The molecule has 0 amide bonds. The Morgan fingerprint density at radius 1 is 0.182 bits per heavy atom. The Balaban J connectivity index is 0. The van der Waals surface area contributed by atoms with E-state index in [0.717, 1.165) is 0 Å². The molecule has 0 aliphatic heterocycles. The summed E-state index contributed by atoms with van der Waals surface area (Å²) in [6.07, 6.45) is 0. The summed E-state index contributed by atoms with van der Waals surface area (Å²) in [7, 11) is 0. The average Bonchev–Trinajstić information content (AvgIpc) is 0. The van der Waals surface area contributed by atoms with E-state index in [9.17, 15) is 0 Å². The quantitative estimate of drug-likeness (QED) is 0.494. The highest BCUT2D eigenvalue weighted by atomic mass is 127. The lowest BCUT2D eigenvalue weighted by Gasteiger charge is -1.00. The van der Waals surface area contributed by atoms with Crippen LogP contribution in [0.25, 0.3) is 0 Å². The fraction of sp³-hybridized carbons (Fsp3) is 1.00. The van der Waals surface area contributed by atoms with Crippen LogP contribution in [0.4, 0.5) is 0 Å². The van der Waals surface area contributed by atoms with E-state index < -0.39 is 0 Å². The molecule has 0 spiro atoms. The molecule has 0 saturated carbocycles. The Morgan fingerprint density at radius 3 is 0.182 bits per heavy atom. The second kappa shape index (κ2) is 588. The van der Waals surface area contributed by atoms with Gasteiger partial charge in [0.25, 0.3) is 0 Å². The smallest absolute Gasteiger partial charge is 0.0776 e. The van der Waals surface area contributed by atoms with Crippen molar-refractivity contribution < 1.29 is 48.0 Å². The Morgan fingerprint density at radius 2 is 0.182 bits per heavy atom. The van der Waals surface area contributed by atoms with Crippen molar-refractivity contribution in [2.45, 2.75) is 66.8 Å². The van der Waals surface area contributed by atoms with Gasteiger partial charge in [-0.05, 0) is 0 Å². The minimum absolute atomic E-state index is 0. The molecule has 0 bridgehead atoms. The maximum atomic E-state index is 0. The van der Waals surface area contributed by atoms with E-state index in [1.807, 2.05) is 0 Å². The molecule has 0 saturated heterocycles. The largest absolute Gasteiger partial charge is 1.00 e. The van der Waals surface area contributed by atoms with Crippen LogP contribution in [0.3, 0.4) is 0 Å². The Bertz CT molecular complexity index is 7.52. The van der Waals surface area contributed by atoms with Crippen molar-refractivity contribution in [3.8, 4) is 0 Å². The summed E-state index contributed by atoms with van der Waals surface area (Å²) >= 11 is 0. The second-order valence-electron chi connectivity index (χ2n) is 0. The molecule has 0 aromatic heterocycles. The predicted molar refractivity (Wildman–Crippen MR) is 60.6 cm³/mol. The van der Waals surface area contributed by atoms with E-state index in [1.54, 1.807) is 0 Å². The highest BCUT2D eigenvalue weighted by Crippen LogP contribution is 0.152. The Labute approximate surface area is 114 Å². The van der Waals surface area contributed by atoms with E-state index in [1.165, 1.54) is 0 Å². The molecule has 88 valence electrons. The van der Waals surface area contributed by atoms with Gasteiger partial charge in [0.2, 0.25) is 0 Å². The van der Waals surface area contributed by atoms with Crippen molar-refractivity contribution in [2.24, 2.45) is 0 Å². The highest BCUT2D eigenvalue weighted by molar-refractivity contribution is 2.51. The fourth-order valence-electron chi connectivity index (χ4n) is 0. The number of rotatable bonds is 0. The van der Waals surface area contributed by atoms with Crippen LogP contribution in [0.15, 0.2) is 0 Å². The van der Waals surface area contributed by atoms with Gasteiger partial charge in [0.05, 0.1) is 0 Å². The summed E-state index contributed by atoms with van der Waals surface area (Å²) in [5.41, 5.74) is 0. The molecule has 0 nitrogen and oxygen atoms in total. The van der Waals surface area contributed by atoms with E-state index in [2.05, 4.69) is 0 Å². The monoisotopic (exact) mass is 398 g/mol. The zero-order valence-electron chi connectivity index (χ0n) is 0.756. The summed E-state index contributed by atoms with van der Waals surface area (Å²) in [6, 6.07) is 0. The van der Waals surface area contributed by atoms with Crippen LogP contribution in [-0.4, -0.2) is 0 Å². The van der Waals surface area contributed by atoms with Crippen molar-refractivity contribution in [3.63, 3.8) is 0 Å². The summed E-state index contributed by atoms with van der Waals surface area (Å²) in [5, 5.41) is 0. The minimum Gasteiger partial charge on any atom is -1.00 e. The summed E-state index contributed by atoms with van der Waals surface area (Å²) in [5.74, 6) is 0. The van der Waals surface area contributed by atoms with Gasteiger partial charge < -0.3 is 48.0 Å². The SMILES string of the molecule is C.C.C.C.C.C.C.C.C.[I-].[I-]. The van der Waals surface area contributed by atoms with Crippen LogP contribution in [0, 0.1) is 0 Å². The molecule has 0 aliphatic rings. The third-order valence-corrected chi connectivity index (χ3v) is 0. The van der Waals surface area contributed by atoms with E-state index in [0.29, 0.717) is 0 Å². The molecule has 0 fully saturated rings. The van der Waals surface area contributed by atoms with Crippen LogP contribution >= 0.6 is 0 Å². The molecule has 0 aliphatic carbocycles. The summed E-state index contributed by atoms with van der Waals surface area (Å²) in [4.78, 5) is 0. The Hall–Kier alpha value is 1.46. The van der Waals surface area contributed by atoms with Gasteiger partial charge in [-0.2, -0.15) is 0 Å². The lowest BCUT2D eigenvalue weighted by molar-refractivity contribution is -0.001000. The zero-order valence-corrected chi connectivity index (χ0v) is 5.07. The van der Waals surface area contributed by atoms with Crippen LogP contribution in [0.1, 0.15) is 66.8 Å². The molecule has 0 rings (SSSR count). The standard InChI is InChI=1S/9CH4.2HI/h9*1H4;2*1H/p-2. The van der Waals surface area contributed by atoms with Gasteiger partial charge in [0.1, 0.15) is 0 Å². The van der Waals surface area contributed by atoms with Crippen LogP contribution in [0.5, 0.6) is 0 Å². The molecule has 0 N–H and O–H groups in total. The molecule has 0 aromatic carbocycles. The first-order valence-corrected chi connectivity index (χ1v) is 0. The van der Waals surface area contributed by atoms with Gasteiger partial charge in [0.15, 0.2) is 0 Å². The first-order valence-electron chi connectivity index (χ1n) is 0. The zero-order chi connectivity index (χ0) is 0. The minimum atomic E-state index is 0. The third kappa shape index (κ3) is 481. The Kier molecular flexibility index (Phi) is 41100. The first-order chi connectivity index (χ1) is 0. The first kappa shape index (κ1) is 768. The number of hydrogen-bond donors (Lipinski definition) is 0. The lowest BCUT2D eigenvalue weighted by Crippen LogP contribution is -3.00. The normalized spacial score (nSPS) is 0. The van der Waals surface area contributed by atoms with E-state index in [-0.39, 0.29) is 115 Å². The lowest BCUT2D eigenvalue weighted by atomic mass is 12.0. The molecular weight excluding hydrogens is 362 g/mol. The van der Waals surface area contributed by atoms with Crippen LogP contribution < -0.4 is 48.0 Å². The van der Waals surface area contributed by atoms with Crippen molar-refractivity contribution in [1.29, 1.82) is 0 Å². The predicted octanol–water partition coefficient (Wildman–Crippen LogP) is -0.267. The van der Waals surface area contributed by atoms with Gasteiger partial charge in [-0.1, -0.05) is 66.8 Å². The highest BCUT2D eigenvalue weighted by Gasteiger charge is -0.0695. The fourth-order valence-corrected chi connectivity index (χ4v) is 0. The second-order valence-corrected chi connectivity index (χ2v) is 0. The molecule has 0 unspecified atom stereocenters. The van der Waals surface area contributed by atoms with Gasteiger partial charge in [-0.3, -0.25) is 0 Å². The number of hydrogen-bond acceptors (Lipinski definition) is 0. The van der Waals surface area contributed by atoms with Crippen LogP contribution in [0.2, 0.25) is 0 Å². The van der Waals surface area contributed by atoms with E-state index >= 15 is 0 Å². The number of halogens is 2. The van der Waals surface area contributed by atoms with Gasteiger partial charge in [-0.25, -0.2) is 0 Å². The van der Waals surface area contributed by atoms with Crippen molar-refractivity contribution in [1.82, 2.24) is 0 Å². The molecule has 11 heavy (non-hydrogen) atoms. The van der Waals surface area contributed by atoms with Crippen LogP contribution in [-0.2, 0) is 0 Å². The molecule has 0 radical (unpaired) electrons. The maximum absolute atomic E-state index is 0. The van der Waals surface area contributed by atoms with Gasteiger partial charge in [-0.15, -0.1) is 0 Å². The van der Waals surface area contributed by atoms with Crippen molar-refractivity contribution in [2.75, 3.05) is 0 Å². The average molecular weight is 398 g/mol. The summed E-state index contributed by atoms with van der Waals surface area (Å²) in [6.45, 7) is 0. The maximum Gasteiger partial charge on any atom is -0.0776 e. The molecule has 0 atom stereocenters. The third-order valence-electron chi connectivity index (χ3n) is 0. The molecule has 2 heteroatoms. The molecule has 0 aromatic rings. The van der Waals surface area contributed by atoms with Gasteiger partial charge >= 0.3 is 0 Å². The molecular formula is C9H36I2-2. The van der Waals surface area contributed by atoms with Crippen molar-refractivity contribution >= 4 is 0 Å². The molecule has 0 heterocycles. The topological polar surface area (TPSA) is 0 Å². The van der Waals surface area contributed by atoms with Gasteiger partial charge in [0, 0.05) is 0 Å². The summed E-state index contributed by atoms with van der Waals surface area (Å²) < 4.78 is 0.